The highest BCUT2D eigenvalue weighted by Crippen LogP contribution is 2.36. The Morgan fingerprint density at radius 2 is 1.92 bits per heavy atom. The first kappa shape index (κ1) is 18.1. The van der Waals surface area contributed by atoms with Gasteiger partial charge in [0.05, 0.1) is 10.6 Å². The molecule has 0 aliphatic rings. The molecule has 4 nitrogen and oxygen atoms in total. The molecule has 0 fully saturated rings. The van der Waals surface area contributed by atoms with E-state index in [1.165, 1.54) is 24.4 Å². The van der Waals surface area contributed by atoms with Crippen molar-refractivity contribution in [3.05, 3.63) is 52.8 Å². The van der Waals surface area contributed by atoms with Gasteiger partial charge in [-0.2, -0.15) is 13.2 Å². The molecule has 128 valence electrons. The third-order valence-corrected chi connectivity index (χ3v) is 3.42. The number of alkyl halides is 3. The zero-order chi connectivity index (χ0) is 17.7. The molecule has 1 heterocycles. The van der Waals surface area contributed by atoms with Crippen molar-refractivity contribution in [2.45, 2.75) is 19.5 Å². The summed E-state index contributed by atoms with van der Waals surface area (Å²) < 4.78 is 38.6. The molecular formula is C16H15ClF3N3O. The molecule has 0 saturated heterocycles. The predicted molar refractivity (Wildman–Crippen MR) is 86.6 cm³/mol. The molecule has 0 aliphatic heterocycles. The molecule has 1 aromatic heterocycles. The number of nitrogens with zero attached hydrogens (tertiary/aromatic N) is 1. The van der Waals surface area contributed by atoms with Gasteiger partial charge in [-0.05, 0) is 36.8 Å². The molecule has 1 aromatic carbocycles. The maximum absolute atomic E-state index is 12.9. The smallest absolute Gasteiger partial charge is 0.355 e. The minimum absolute atomic E-state index is 0.179. The third kappa shape index (κ3) is 4.61. The van der Waals surface area contributed by atoms with Crippen LogP contribution >= 0.6 is 11.6 Å². The molecule has 0 aliphatic carbocycles. The van der Waals surface area contributed by atoms with Crippen molar-refractivity contribution in [3.8, 4) is 0 Å². The van der Waals surface area contributed by atoms with Crippen LogP contribution in [0.25, 0.3) is 0 Å². The second-order valence-electron chi connectivity index (χ2n) is 5.00. The minimum atomic E-state index is -4.54. The highest BCUT2D eigenvalue weighted by molar-refractivity contribution is 6.31. The number of anilines is 2. The van der Waals surface area contributed by atoms with Crippen LogP contribution in [0.2, 0.25) is 5.02 Å². The SMILES string of the molecule is CCCNC(=O)c1cc(Nc2ccc(Cl)c(C(F)(F)F)c2)ccn1. The monoisotopic (exact) mass is 357 g/mol. The van der Waals surface area contributed by atoms with E-state index < -0.39 is 11.7 Å². The van der Waals surface area contributed by atoms with Gasteiger partial charge < -0.3 is 10.6 Å². The number of rotatable bonds is 5. The number of halogens is 4. The summed E-state index contributed by atoms with van der Waals surface area (Å²) >= 11 is 5.59. The lowest BCUT2D eigenvalue weighted by Gasteiger charge is -2.13. The van der Waals surface area contributed by atoms with Crippen molar-refractivity contribution >= 4 is 28.9 Å². The molecule has 0 unspecified atom stereocenters. The first-order valence-electron chi connectivity index (χ1n) is 7.19. The number of benzene rings is 1. The van der Waals surface area contributed by atoms with Crippen molar-refractivity contribution in [2.24, 2.45) is 0 Å². The Balaban J connectivity index is 2.21. The largest absolute Gasteiger partial charge is 0.417 e. The van der Waals surface area contributed by atoms with Crippen LogP contribution in [0, 0.1) is 0 Å². The third-order valence-electron chi connectivity index (χ3n) is 3.09. The van der Waals surface area contributed by atoms with Gasteiger partial charge >= 0.3 is 6.18 Å². The maximum atomic E-state index is 12.9. The summed E-state index contributed by atoms with van der Waals surface area (Å²) in [7, 11) is 0. The van der Waals surface area contributed by atoms with Gasteiger partial charge in [-0.3, -0.25) is 9.78 Å². The van der Waals surface area contributed by atoms with E-state index in [4.69, 9.17) is 11.6 Å². The highest BCUT2D eigenvalue weighted by atomic mass is 35.5. The van der Waals surface area contributed by atoms with Gasteiger partial charge in [0, 0.05) is 24.1 Å². The van der Waals surface area contributed by atoms with E-state index in [0.29, 0.717) is 12.2 Å². The Morgan fingerprint density at radius 3 is 2.58 bits per heavy atom. The lowest BCUT2D eigenvalue weighted by atomic mass is 10.2. The molecule has 0 atom stereocenters. The summed E-state index contributed by atoms with van der Waals surface area (Å²) in [4.78, 5) is 15.8. The normalized spacial score (nSPS) is 11.2. The first-order valence-corrected chi connectivity index (χ1v) is 7.57. The number of hydrogen-bond acceptors (Lipinski definition) is 3. The molecule has 0 bridgehead atoms. The fraction of sp³-hybridized carbons (Fsp3) is 0.250. The molecule has 2 rings (SSSR count). The van der Waals surface area contributed by atoms with E-state index in [-0.39, 0.29) is 22.3 Å². The Bertz CT molecular complexity index is 735. The number of amides is 1. The molecule has 1 amide bonds. The molecule has 2 aromatic rings. The van der Waals surface area contributed by atoms with E-state index >= 15 is 0 Å². The van der Waals surface area contributed by atoms with E-state index in [0.717, 1.165) is 12.5 Å². The zero-order valence-corrected chi connectivity index (χ0v) is 13.5. The number of carbonyl (C=O) groups excluding carboxylic acids is 1. The van der Waals surface area contributed by atoms with Gasteiger partial charge in [0.2, 0.25) is 0 Å². The quantitative estimate of drug-likeness (QED) is 0.819. The Kier molecular flexibility index (Phi) is 5.66. The van der Waals surface area contributed by atoms with Crippen molar-refractivity contribution in [1.82, 2.24) is 10.3 Å². The topological polar surface area (TPSA) is 54.0 Å². The van der Waals surface area contributed by atoms with Crippen molar-refractivity contribution in [3.63, 3.8) is 0 Å². The summed E-state index contributed by atoms with van der Waals surface area (Å²) in [5.74, 6) is -0.340. The van der Waals surface area contributed by atoms with Gasteiger partial charge in [-0.1, -0.05) is 18.5 Å². The Morgan fingerprint density at radius 1 is 1.21 bits per heavy atom. The van der Waals surface area contributed by atoms with Crippen LogP contribution in [0.15, 0.2) is 36.5 Å². The summed E-state index contributed by atoms with van der Waals surface area (Å²) in [6.45, 7) is 2.44. The molecular weight excluding hydrogens is 343 g/mol. The molecule has 0 saturated carbocycles. The maximum Gasteiger partial charge on any atom is 0.417 e. The van der Waals surface area contributed by atoms with Crippen molar-refractivity contribution < 1.29 is 18.0 Å². The molecule has 8 heteroatoms. The summed E-state index contributed by atoms with van der Waals surface area (Å²) in [5.41, 5.74) is -0.0949. The van der Waals surface area contributed by atoms with Crippen LogP contribution in [-0.2, 0) is 6.18 Å². The van der Waals surface area contributed by atoms with Crippen LogP contribution in [0.3, 0.4) is 0 Å². The Hall–Kier alpha value is -2.28. The Labute approximate surface area is 142 Å². The number of nitrogens with one attached hydrogen (secondary N) is 2. The van der Waals surface area contributed by atoms with Gasteiger partial charge in [0.15, 0.2) is 0 Å². The number of pyridine rings is 1. The van der Waals surface area contributed by atoms with Crippen LogP contribution in [-0.4, -0.2) is 17.4 Å². The fourth-order valence-corrected chi connectivity index (χ4v) is 2.17. The molecule has 0 spiro atoms. The standard InChI is InChI=1S/C16H15ClF3N3O/c1-2-6-22-15(24)14-9-11(5-7-21-14)23-10-3-4-13(17)12(8-10)16(18,19)20/h3-5,7-9H,2,6H2,1H3,(H,21,23)(H,22,24). The number of carbonyl (C=O) groups is 1. The number of hydrogen-bond donors (Lipinski definition) is 2. The molecule has 0 radical (unpaired) electrons. The van der Waals surface area contributed by atoms with E-state index in [1.807, 2.05) is 6.92 Å². The van der Waals surface area contributed by atoms with Crippen LogP contribution in [0.4, 0.5) is 24.5 Å². The average Bonchev–Trinajstić information content (AvgIpc) is 2.53. The van der Waals surface area contributed by atoms with E-state index in [9.17, 15) is 18.0 Å². The second kappa shape index (κ2) is 7.53. The summed E-state index contributed by atoms with van der Waals surface area (Å²) in [5, 5.41) is 5.12. The fourth-order valence-electron chi connectivity index (χ4n) is 1.95. The van der Waals surface area contributed by atoms with Gasteiger partial charge in [0.25, 0.3) is 5.91 Å². The lowest BCUT2D eigenvalue weighted by molar-refractivity contribution is -0.137. The van der Waals surface area contributed by atoms with Crippen molar-refractivity contribution in [2.75, 3.05) is 11.9 Å². The average molecular weight is 358 g/mol. The van der Waals surface area contributed by atoms with Crippen molar-refractivity contribution in [1.29, 1.82) is 0 Å². The lowest BCUT2D eigenvalue weighted by Crippen LogP contribution is -2.24. The minimum Gasteiger partial charge on any atom is -0.355 e. The highest BCUT2D eigenvalue weighted by Gasteiger charge is 2.33. The van der Waals surface area contributed by atoms with E-state index in [1.54, 1.807) is 6.07 Å². The summed E-state index contributed by atoms with van der Waals surface area (Å²) in [6.07, 6.45) is -2.35. The molecule has 24 heavy (non-hydrogen) atoms. The van der Waals surface area contributed by atoms with Crippen LogP contribution in [0.5, 0.6) is 0 Å². The van der Waals surface area contributed by atoms with Crippen LogP contribution in [0.1, 0.15) is 29.4 Å². The van der Waals surface area contributed by atoms with E-state index in [2.05, 4.69) is 15.6 Å². The number of aromatic nitrogens is 1. The van der Waals surface area contributed by atoms with Crippen LogP contribution < -0.4 is 10.6 Å². The van der Waals surface area contributed by atoms with Gasteiger partial charge in [0.1, 0.15) is 5.69 Å². The summed E-state index contributed by atoms with van der Waals surface area (Å²) in [6, 6.07) is 6.53. The second-order valence-corrected chi connectivity index (χ2v) is 5.41. The molecule has 2 N–H and O–H groups in total. The van der Waals surface area contributed by atoms with Gasteiger partial charge in [-0.25, -0.2) is 0 Å². The zero-order valence-electron chi connectivity index (χ0n) is 12.7. The van der Waals surface area contributed by atoms with Gasteiger partial charge in [-0.15, -0.1) is 0 Å². The predicted octanol–water partition coefficient (Wildman–Crippen LogP) is 4.64. The first-order chi connectivity index (χ1) is 11.3.